The monoisotopic (exact) mass is 274 g/mol. The van der Waals surface area contributed by atoms with Gasteiger partial charge in [0.1, 0.15) is 22.3 Å². The van der Waals surface area contributed by atoms with E-state index in [-0.39, 0.29) is 11.7 Å². The maximum atomic E-state index is 13.4. The van der Waals surface area contributed by atoms with Gasteiger partial charge >= 0.3 is 0 Å². The number of aryl methyl sites for hydroxylation is 1. The molecular formula is C10H8F2N2O3S. The third-order valence-electron chi connectivity index (χ3n) is 2.11. The lowest BCUT2D eigenvalue weighted by molar-refractivity contribution is 0.384. The maximum absolute atomic E-state index is 13.4. The summed E-state index contributed by atoms with van der Waals surface area (Å²) in [6.07, 6.45) is 0. The van der Waals surface area contributed by atoms with Crippen molar-refractivity contribution in [3.63, 3.8) is 0 Å². The molecule has 0 aliphatic heterocycles. The van der Waals surface area contributed by atoms with Gasteiger partial charge in [0.05, 0.1) is 0 Å². The molecule has 5 nitrogen and oxygen atoms in total. The van der Waals surface area contributed by atoms with Crippen LogP contribution < -0.4 is 0 Å². The number of halogens is 2. The molecule has 96 valence electrons. The number of sulfone groups is 1. The van der Waals surface area contributed by atoms with Gasteiger partial charge in [-0.2, -0.15) is 4.98 Å². The molecule has 0 atom stereocenters. The summed E-state index contributed by atoms with van der Waals surface area (Å²) >= 11 is 0. The van der Waals surface area contributed by atoms with Gasteiger partial charge < -0.3 is 4.52 Å². The third-order valence-corrected chi connectivity index (χ3v) is 3.72. The Bertz CT molecular complexity index is 682. The smallest absolute Gasteiger partial charge is 0.242 e. The lowest BCUT2D eigenvalue weighted by Crippen LogP contribution is -2.08. The number of hydrogen-bond acceptors (Lipinski definition) is 5. The molecule has 0 amide bonds. The van der Waals surface area contributed by atoms with Crippen LogP contribution in [-0.4, -0.2) is 18.6 Å². The second-order valence-corrected chi connectivity index (χ2v) is 5.53. The quantitative estimate of drug-likeness (QED) is 0.850. The SMILES string of the molecule is Cc1noc(CS(=O)(=O)c2cc(F)ccc2F)n1. The van der Waals surface area contributed by atoms with Crippen molar-refractivity contribution in [2.24, 2.45) is 0 Å². The number of nitrogens with zero attached hydrogens (tertiary/aromatic N) is 2. The van der Waals surface area contributed by atoms with Crippen molar-refractivity contribution in [2.75, 3.05) is 0 Å². The zero-order chi connectivity index (χ0) is 13.3. The molecule has 1 aromatic heterocycles. The highest BCUT2D eigenvalue weighted by Crippen LogP contribution is 2.20. The zero-order valence-corrected chi connectivity index (χ0v) is 10.0. The molecule has 1 heterocycles. The first-order valence-corrected chi connectivity index (χ1v) is 6.51. The van der Waals surface area contributed by atoms with Gasteiger partial charge in [-0.15, -0.1) is 0 Å². The Morgan fingerprint density at radius 3 is 2.67 bits per heavy atom. The fourth-order valence-electron chi connectivity index (χ4n) is 1.35. The minimum atomic E-state index is -4.06. The van der Waals surface area contributed by atoms with Crippen LogP contribution in [0.3, 0.4) is 0 Å². The van der Waals surface area contributed by atoms with Crippen molar-refractivity contribution in [2.45, 2.75) is 17.6 Å². The fraction of sp³-hybridized carbons (Fsp3) is 0.200. The van der Waals surface area contributed by atoms with E-state index < -0.39 is 32.1 Å². The van der Waals surface area contributed by atoms with Crippen molar-refractivity contribution in [3.05, 3.63) is 41.5 Å². The fourth-order valence-corrected chi connectivity index (χ4v) is 2.61. The van der Waals surface area contributed by atoms with Gasteiger partial charge in [-0.1, -0.05) is 5.16 Å². The second-order valence-electron chi connectivity index (χ2n) is 3.57. The van der Waals surface area contributed by atoms with E-state index in [0.29, 0.717) is 6.07 Å². The molecule has 8 heteroatoms. The largest absolute Gasteiger partial charge is 0.338 e. The predicted molar refractivity (Wildman–Crippen MR) is 56.3 cm³/mol. The summed E-state index contributed by atoms with van der Waals surface area (Å²) in [6.45, 7) is 1.52. The van der Waals surface area contributed by atoms with Crippen molar-refractivity contribution in [1.29, 1.82) is 0 Å². The van der Waals surface area contributed by atoms with E-state index in [4.69, 9.17) is 0 Å². The van der Waals surface area contributed by atoms with E-state index in [1.165, 1.54) is 6.92 Å². The molecule has 0 unspecified atom stereocenters. The summed E-state index contributed by atoms with van der Waals surface area (Å²) in [6, 6.07) is 2.21. The molecule has 0 N–H and O–H groups in total. The number of hydrogen-bond donors (Lipinski definition) is 0. The van der Waals surface area contributed by atoms with Crippen LogP contribution in [0.5, 0.6) is 0 Å². The first kappa shape index (κ1) is 12.6. The molecule has 0 aliphatic carbocycles. The van der Waals surface area contributed by atoms with Crippen molar-refractivity contribution < 1.29 is 21.7 Å². The van der Waals surface area contributed by atoms with E-state index >= 15 is 0 Å². The Hall–Kier alpha value is -1.83. The molecule has 0 spiro atoms. The lowest BCUT2D eigenvalue weighted by atomic mass is 10.3. The van der Waals surface area contributed by atoms with Crippen molar-refractivity contribution in [3.8, 4) is 0 Å². The molecule has 0 saturated heterocycles. The van der Waals surface area contributed by atoms with Gasteiger partial charge in [0.25, 0.3) is 0 Å². The summed E-state index contributed by atoms with van der Waals surface area (Å²) in [5.74, 6) is -2.44. The molecule has 2 aromatic rings. The summed E-state index contributed by atoms with van der Waals surface area (Å²) in [5, 5.41) is 3.42. The first-order valence-electron chi connectivity index (χ1n) is 4.85. The minimum absolute atomic E-state index is 0.170. The highest BCUT2D eigenvalue weighted by atomic mass is 32.2. The van der Waals surface area contributed by atoms with Gasteiger partial charge in [-0.25, -0.2) is 17.2 Å². The van der Waals surface area contributed by atoms with Gasteiger partial charge in [-0.3, -0.25) is 0 Å². The highest BCUT2D eigenvalue weighted by Gasteiger charge is 2.23. The van der Waals surface area contributed by atoms with E-state index in [1.54, 1.807) is 0 Å². The van der Waals surface area contributed by atoms with Crippen LogP contribution in [0.1, 0.15) is 11.7 Å². The molecule has 0 fully saturated rings. The first-order chi connectivity index (χ1) is 8.38. The van der Waals surface area contributed by atoms with Crippen LogP contribution in [-0.2, 0) is 15.6 Å². The predicted octanol–water partition coefficient (Wildman–Crippen LogP) is 1.63. The Morgan fingerprint density at radius 2 is 2.06 bits per heavy atom. The Balaban J connectivity index is 2.39. The molecule has 0 radical (unpaired) electrons. The molecule has 18 heavy (non-hydrogen) atoms. The summed E-state index contributed by atoms with van der Waals surface area (Å²) in [4.78, 5) is 2.98. The van der Waals surface area contributed by atoms with Crippen LogP contribution in [0.25, 0.3) is 0 Å². The van der Waals surface area contributed by atoms with E-state index in [2.05, 4.69) is 14.7 Å². The summed E-state index contributed by atoms with van der Waals surface area (Å²) < 4.78 is 54.6. The summed E-state index contributed by atoms with van der Waals surface area (Å²) in [5.41, 5.74) is 0. The Labute approximate surface area is 101 Å². The van der Waals surface area contributed by atoms with E-state index in [0.717, 1.165) is 12.1 Å². The summed E-state index contributed by atoms with van der Waals surface area (Å²) in [7, 11) is -4.06. The molecule has 0 aliphatic rings. The highest BCUT2D eigenvalue weighted by molar-refractivity contribution is 7.90. The second kappa shape index (κ2) is 4.45. The third kappa shape index (κ3) is 2.53. The zero-order valence-electron chi connectivity index (χ0n) is 9.22. The van der Waals surface area contributed by atoms with Crippen LogP contribution in [0.2, 0.25) is 0 Å². The average molecular weight is 274 g/mol. The van der Waals surface area contributed by atoms with E-state index in [1.807, 2.05) is 0 Å². The average Bonchev–Trinajstić information content (AvgIpc) is 2.66. The van der Waals surface area contributed by atoms with Gasteiger partial charge in [-0.05, 0) is 25.1 Å². The van der Waals surface area contributed by atoms with Crippen LogP contribution in [0.15, 0.2) is 27.6 Å². The molecule has 2 rings (SSSR count). The maximum Gasteiger partial charge on any atom is 0.242 e. The molecule has 1 aromatic carbocycles. The van der Waals surface area contributed by atoms with Gasteiger partial charge in [0, 0.05) is 0 Å². The minimum Gasteiger partial charge on any atom is -0.338 e. The topological polar surface area (TPSA) is 73.1 Å². The lowest BCUT2D eigenvalue weighted by Gasteiger charge is -2.03. The van der Waals surface area contributed by atoms with Gasteiger partial charge in [0.15, 0.2) is 15.7 Å². The molecule has 0 bridgehead atoms. The standard InChI is InChI=1S/C10H8F2N2O3S/c1-6-13-10(17-14-6)5-18(15,16)9-4-7(11)2-3-8(9)12/h2-4H,5H2,1H3. The Morgan fingerprint density at radius 1 is 1.33 bits per heavy atom. The van der Waals surface area contributed by atoms with Crippen LogP contribution in [0, 0.1) is 18.6 Å². The normalized spacial score (nSPS) is 11.7. The van der Waals surface area contributed by atoms with Gasteiger partial charge in [0.2, 0.25) is 5.89 Å². The van der Waals surface area contributed by atoms with Crippen LogP contribution in [0.4, 0.5) is 8.78 Å². The van der Waals surface area contributed by atoms with E-state index in [9.17, 15) is 17.2 Å². The van der Waals surface area contributed by atoms with Crippen LogP contribution >= 0.6 is 0 Å². The number of aromatic nitrogens is 2. The molecular weight excluding hydrogens is 266 g/mol. The molecule has 0 saturated carbocycles. The van der Waals surface area contributed by atoms with Crippen molar-refractivity contribution >= 4 is 9.84 Å². The van der Waals surface area contributed by atoms with Crippen molar-refractivity contribution in [1.82, 2.24) is 10.1 Å². The number of rotatable bonds is 3. The number of benzene rings is 1. The Kier molecular flexibility index (Phi) is 3.12.